The molecule has 0 radical (unpaired) electrons. The van der Waals surface area contributed by atoms with Crippen LogP contribution >= 0.6 is 23.2 Å². The molecule has 2 rings (SSSR count). The summed E-state index contributed by atoms with van der Waals surface area (Å²) in [7, 11) is -3.90. The maximum absolute atomic E-state index is 12.4. The molecule has 0 aromatic heterocycles. The number of halogens is 2. The second kappa shape index (κ2) is 6.34. The number of nitrogens with zero attached hydrogens (tertiary/aromatic N) is 1. The van der Waals surface area contributed by atoms with Crippen molar-refractivity contribution in [2.75, 3.05) is 0 Å². The average molecular weight is 345 g/mol. The lowest BCUT2D eigenvalue weighted by atomic mass is 10.2. The van der Waals surface area contributed by atoms with E-state index in [9.17, 15) is 8.42 Å². The molecule has 0 aliphatic heterocycles. The van der Waals surface area contributed by atoms with Crippen molar-refractivity contribution in [3.8, 4) is 0 Å². The first-order valence-electron chi connectivity index (χ1n) is 6.08. The number of hydrogen-bond donors (Lipinski definition) is 1. The molecule has 0 saturated heterocycles. The molecule has 0 aliphatic rings. The lowest BCUT2D eigenvalue weighted by molar-refractivity contribution is 0.408. The summed E-state index contributed by atoms with van der Waals surface area (Å²) in [6, 6.07) is 13.1. The predicted octanol–water partition coefficient (Wildman–Crippen LogP) is 3.45. The minimum atomic E-state index is -3.90. The second-order valence-electron chi connectivity index (χ2n) is 4.51. The molecule has 4 nitrogen and oxygen atoms in total. The number of aryl methyl sites for hydroxylation is 1. The summed E-state index contributed by atoms with van der Waals surface area (Å²) < 4.78 is 25.5. The molecule has 0 saturated carbocycles. The highest BCUT2D eigenvalue weighted by atomic mass is 35.5. The number of hydrazine groups is 1. The molecule has 0 spiro atoms. The van der Waals surface area contributed by atoms with Gasteiger partial charge in [0.1, 0.15) is 5.50 Å². The standard InChI is InChI=1S/C14H14Cl2N2O2S/c1-10-6-8-11(9-7-10)21(19,20)18(17)14(16)12-4-2-3-5-13(12)15/h2-9,14H,17H2,1H3. The molecule has 21 heavy (non-hydrogen) atoms. The van der Waals surface area contributed by atoms with E-state index in [0.717, 1.165) is 5.56 Å². The topological polar surface area (TPSA) is 63.4 Å². The Morgan fingerprint density at radius 3 is 2.24 bits per heavy atom. The van der Waals surface area contributed by atoms with Crippen molar-refractivity contribution in [3.63, 3.8) is 0 Å². The first kappa shape index (κ1) is 16.3. The normalized spacial score (nSPS) is 13.4. The quantitative estimate of drug-likeness (QED) is 0.400. The Bertz CT molecular complexity index is 733. The first-order chi connectivity index (χ1) is 9.84. The molecule has 2 N–H and O–H groups in total. The maximum atomic E-state index is 12.4. The lowest BCUT2D eigenvalue weighted by Crippen LogP contribution is -2.38. The van der Waals surface area contributed by atoms with Crippen LogP contribution in [0.4, 0.5) is 0 Å². The van der Waals surface area contributed by atoms with Crippen LogP contribution in [0.3, 0.4) is 0 Å². The molecule has 7 heteroatoms. The second-order valence-corrected chi connectivity index (χ2v) is 7.17. The van der Waals surface area contributed by atoms with E-state index >= 15 is 0 Å². The van der Waals surface area contributed by atoms with Gasteiger partial charge >= 0.3 is 0 Å². The third-order valence-electron chi connectivity index (χ3n) is 2.98. The van der Waals surface area contributed by atoms with Gasteiger partial charge in [0.15, 0.2) is 0 Å². The molecule has 112 valence electrons. The maximum Gasteiger partial charge on any atom is 0.257 e. The summed E-state index contributed by atoms with van der Waals surface area (Å²) in [4.78, 5) is 0.0771. The largest absolute Gasteiger partial charge is 0.257 e. The Morgan fingerprint density at radius 2 is 1.67 bits per heavy atom. The van der Waals surface area contributed by atoms with E-state index in [1.54, 1.807) is 36.4 Å². The first-order valence-corrected chi connectivity index (χ1v) is 8.34. The Balaban J connectivity index is 2.36. The molecule has 1 atom stereocenters. The predicted molar refractivity (Wildman–Crippen MR) is 84.4 cm³/mol. The molecule has 0 heterocycles. The summed E-state index contributed by atoms with van der Waals surface area (Å²) in [6.07, 6.45) is 0. The third kappa shape index (κ3) is 3.39. The molecule has 0 aliphatic carbocycles. The van der Waals surface area contributed by atoms with Gasteiger partial charge in [-0.1, -0.05) is 59.1 Å². The Labute approximate surface area is 134 Å². The van der Waals surface area contributed by atoms with Crippen LogP contribution in [-0.2, 0) is 10.0 Å². The van der Waals surface area contributed by atoms with Crippen LogP contribution in [0.2, 0.25) is 5.02 Å². The van der Waals surface area contributed by atoms with Crippen molar-refractivity contribution in [1.82, 2.24) is 4.41 Å². The van der Waals surface area contributed by atoms with Crippen molar-refractivity contribution in [2.24, 2.45) is 5.84 Å². The minimum absolute atomic E-state index is 0.0771. The summed E-state index contributed by atoms with van der Waals surface area (Å²) in [6.45, 7) is 1.87. The van der Waals surface area contributed by atoms with Crippen LogP contribution in [0.15, 0.2) is 53.4 Å². The van der Waals surface area contributed by atoms with Crippen LogP contribution < -0.4 is 5.84 Å². The van der Waals surface area contributed by atoms with E-state index in [0.29, 0.717) is 15.0 Å². The third-order valence-corrected chi connectivity index (χ3v) is 5.52. The molecular formula is C14H14Cl2N2O2S. The fourth-order valence-corrected chi connectivity index (χ4v) is 3.64. The Hall–Kier alpha value is -1.11. The molecular weight excluding hydrogens is 331 g/mol. The summed E-state index contributed by atoms with van der Waals surface area (Å²) >= 11 is 12.2. The van der Waals surface area contributed by atoms with Crippen molar-refractivity contribution in [1.29, 1.82) is 0 Å². The van der Waals surface area contributed by atoms with E-state index in [-0.39, 0.29) is 4.90 Å². The molecule has 0 amide bonds. The van der Waals surface area contributed by atoms with Gasteiger partial charge in [-0.05, 0) is 25.1 Å². The van der Waals surface area contributed by atoms with Gasteiger partial charge in [0, 0.05) is 10.6 Å². The van der Waals surface area contributed by atoms with Crippen molar-refractivity contribution in [2.45, 2.75) is 17.3 Å². The van der Waals surface area contributed by atoms with Crippen LogP contribution in [0, 0.1) is 6.92 Å². The molecule has 2 aromatic carbocycles. The van der Waals surface area contributed by atoms with Crippen LogP contribution in [0.5, 0.6) is 0 Å². The molecule has 0 fully saturated rings. The number of hydrogen-bond acceptors (Lipinski definition) is 3. The SMILES string of the molecule is Cc1ccc(S(=O)(=O)N(N)C(Cl)c2ccccc2Cl)cc1. The number of sulfonamides is 1. The smallest absolute Gasteiger partial charge is 0.253 e. The zero-order chi connectivity index (χ0) is 15.6. The van der Waals surface area contributed by atoms with Crippen LogP contribution in [0.1, 0.15) is 16.6 Å². The zero-order valence-corrected chi connectivity index (χ0v) is 13.5. The number of rotatable bonds is 4. The van der Waals surface area contributed by atoms with Gasteiger partial charge in [-0.25, -0.2) is 8.42 Å². The van der Waals surface area contributed by atoms with Gasteiger partial charge in [0.2, 0.25) is 0 Å². The van der Waals surface area contributed by atoms with Gasteiger partial charge in [0.25, 0.3) is 10.0 Å². The summed E-state index contributed by atoms with van der Waals surface area (Å²) in [5.74, 6) is 5.72. The van der Waals surface area contributed by atoms with Gasteiger partial charge in [-0.15, -0.1) is 4.41 Å². The van der Waals surface area contributed by atoms with Crippen molar-refractivity contribution < 1.29 is 8.42 Å². The van der Waals surface area contributed by atoms with Crippen molar-refractivity contribution >= 4 is 33.2 Å². The summed E-state index contributed by atoms with van der Waals surface area (Å²) in [5.41, 5.74) is 0.287. The monoisotopic (exact) mass is 344 g/mol. The minimum Gasteiger partial charge on any atom is -0.253 e. The summed E-state index contributed by atoms with van der Waals surface area (Å²) in [5, 5.41) is 0.354. The average Bonchev–Trinajstić information content (AvgIpc) is 2.46. The molecule has 2 aromatic rings. The zero-order valence-electron chi connectivity index (χ0n) is 11.2. The Morgan fingerprint density at radius 1 is 1.10 bits per heavy atom. The van der Waals surface area contributed by atoms with Crippen molar-refractivity contribution in [3.05, 3.63) is 64.7 Å². The van der Waals surface area contributed by atoms with Gasteiger partial charge in [0.05, 0.1) is 4.90 Å². The van der Waals surface area contributed by atoms with E-state index in [2.05, 4.69) is 0 Å². The number of nitrogens with two attached hydrogens (primary N) is 1. The van der Waals surface area contributed by atoms with E-state index in [4.69, 9.17) is 29.0 Å². The highest BCUT2D eigenvalue weighted by molar-refractivity contribution is 7.89. The number of alkyl halides is 1. The van der Waals surface area contributed by atoms with Gasteiger partial charge in [-0.3, -0.25) is 5.84 Å². The fraction of sp³-hybridized carbons (Fsp3) is 0.143. The highest BCUT2D eigenvalue weighted by Gasteiger charge is 2.29. The fourth-order valence-electron chi connectivity index (χ4n) is 1.76. The number of benzene rings is 2. The van der Waals surface area contributed by atoms with E-state index < -0.39 is 15.5 Å². The lowest BCUT2D eigenvalue weighted by Gasteiger charge is -2.23. The van der Waals surface area contributed by atoms with Gasteiger partial charge < -0.3 is 0 Å². The van der Waals surface area contributed by atoms with Crippen LogP contribution in [0.25, 0.3) is 0 Å². The van der Waals surface area contributed by atoms with Crippen LogP contribution in [-0.4, -0.2) is 12.8 Å². The van der Waals surface area contributed by atoms with Gasteiger partial charge in [-0.2, -0.15) is 0 Å². The van der Waals surface area contributed by atoms with E-state index in [1.807, 2.05) is 6.92 Å². The van der Waals surface area contributed by atoms with E-state index in [1.165, 1.54) is 12.1 Å². The molecule has 1 unspecified atom stereocenters. The Kier molecular flexibility index (Phi) is 4.91. The highest BCUT2D eigenvalue weighted by Crippen LogP contribution is 2.32. The molecule has 0 bridgehead atoms.